The molecule has 2 aliphatic rings. The second kappa shape index (κ2) is 8.70. The Bertz CT molecular complexity index is 664. The number of likely N-dealkylation sites (tertiary alicyclic amines) is 1. The summed E-state index contributed by atoms with van der Waals surface area (Å²) in [5.74, 6) is -1.25. The van der Waals surface area contributed by atoms with Gasteiger partial charge in [0.2, 0.25) is 0 Å². The van der Waals surface area contributed by atoms with E-state index in [2.05, 4.69) is 22.2 Å². The molecule has 3 heterocycles. The van der Waals surface area contributed by atoms with Gasteiger partial charge in [-0.25, -0.2) is 9.78 Å². The summed E-state index contributed by atoms with van der Waals surface area (Å²) in [5, 5.41) is 10.1. The topological polar surface area (TPSA) is 96.7 Å². The number of carboxylic acid groups (broad SMARTS) is 1. The van der Waals surface area contributed by atoms with Crippen LogP contribution in [0.1, 0.15) is 17.0 Å². The van der Waals surface area contributed by atoms with E-state index in [0.717, 1.165) is 26.1 Å². The van der Waals surface area contributed by atoms with Crippen molar-refractivity contribution in [3.8, 4) is 0 Å². The van der Waals surface area contributed by atoms with E-state index in [1.807, 2.05) is 7.05 Å². The minimum absolute atomic E-state index is 0.127. The molecule has 0 aliphatic carbocycles. The number of rotatable bonds is 3. The number of hydrogen-bond donors (Lipinski definition) is 2. The monoisotopic (exact) mass is 392 g/mol. The van der Waals surface area contributed by atoms with Crippen LogP contribution >= 0.6 is 0 Å². The molecule has 2 saturated heterocycles. The molecule has 3 rings (SSSR count). The SMILES string of the molecule is CN1CC[C@@H]2[C@@H](CO[C@H]2CNC(=O)c2nccn2C)C1.O=C(O)C(F)(F)F. The van der Waals surface area contributed by atoms with E-state index >= 15 is 0 Å². The molecule has 2 fully saturated rings. The molecule has 0 aromatic carbocycles. The summed E-state index contributed by atoms with van der Waals surface area (Å²) in [5.41, 5.74) is 0. The highest BCUT2D eigenvalue weighted by Crippen LogP contribution is 2.33. The van der Waals surface area contributed by atoms with Gasteiger partial charge in [0.25, 0.3) is 5.91 Å². The van der Waals surface area contributed by atoms with Crippen LogP contribution in [0.15, 0.2) is 12.4 Å². The van der Waals surface area contributed by atoms with Crippen LogP contribution in [0.25, 0.3) is 0 Å². The van der Waals surface area contributed by atoms with Crippen LogP contribution in [-0.4, -0.2) is 77.0 Å². The zero-order valence-corrected chi connectivity index (χ0v) is 15.1. The highest BCUT2D eigenvalue weighted by Gasteiger charge is 2.40. The first-order chi connectivity index (χ1) is 12.6. The van der Waals surface area contributed by atoms with Crippen molar-refractivity contribution in [2.24, 2.45) is 18.9 Å². The largest absolute Gasteiger partial charge is 0.490 e. The summed E-state index contributed by atoms with van der Waals surface area (Å²) in [6.45, 7) is 3.62. The van der Waals surface area contributed by atoms with Gasteiger partial charge >= 0.3 is 12.1 Å². The van der Waals surface area contributed by atoms with Crippen LogP contribution in [0, 0.1) is 11.8 Å². The van der Waals surface area contributed by atoms with Gasteiger partial charge < -0.3 is 24.6 Å². The Morgan fingerprint density at radius 2 is 2.07 bits per heavy atom. The van der Waals surface area contributed by atoms with Gasteiger partial charge in [-0.1, -0.05) is 0 Å². The van der Waals surface area contributed by atoms with Gasteiger partial charge in [0, 0.05) is 38.4 Å². The third kappa shape index (κ3) is 5.67. The molecule has 0 radical (unpaired) electrons. The maximum absolute atomic E-state index is 12.0. The number of nitrogens with one attached hydrogen (secondary N) is 1. The highest BCUT2D eigenvalue weighted by molar-refractivity contribution is 5.90. The quantitative estimate of drug-likeness (QED) is 0.788. The number of hydrogen-bond acceptors (Lipinski definition) is 5. The minimum atomic E-state index is -5.08. The molecule has 0 unspecified atom stereocenters. The number of nitrogens with zero attached hydrogens (tertiary/aromatic N) is 3. The molecular weight excluding hydrogens is 369 g/mol. The molecule has 8 nitrogen and oxygen atoms in total. The number of amides is 1. The number of aliphatic carboxylic acids is 1. The van der Waals surface area contributed by atoms with Crippen LogP contribution in [0.4, 0.5) is 13.2 Å². The number of piperidine rings is 1. The number of ether oxygens (including phenoxy) is 1. The van der Waals surface area contributed by atoms with Crippen molar-refractivity contribution < 1.29 is 32.6 Å². The van der Waals surface area contributed by atoms with E-state index in [1.54, 1.807) is 17.0 Å². The lowest BCUT2D eigenvalue weighted by molar-refractivity contribution is -0.192. The first kappa shape index (κ1) is 21.2. The number of fused-ring (bicyclic) bond motifs is 1. The van der Waals surface area contributed by atoms with Crippen molar-refractivity contribution in [3.05, 3.63) is 18.2 Å². The fraction of sp³-hybridized carbons (Fsp3) is 0.688. The number of carboxylic acids is 1. The molecule has 152 valence electrons. The summed E-state index contributed by atoms with van der Waals surface area (Å²) in [4.78, 5) is 27.3. The van der Waals surface area contributed by atoms with Gasteiger partial charge in [-0.15, -0.1) is 0 Å². The first-order valence-electron chi connectivity index (χ1n) is 8.45. The van der Waals surface area contributed by atoms with Crippen molar-refractivity contribution in [3.63, 3.8) is 0 Å². The summed E-state index contributed by atoms with van der Waals surface area (Å²) >= 11 is 0. The molecule has 2 aliphatic heterocycles. The fourth-order valence-corrected chi connectivity index (χ4v) is 3.34. The van der Waals surface area contributed by atoms with Crippen molar-refractivity contribution in [2.75, 3.05) is 33.3 Å². The standard InChI is InChI=1S/C14H22N4O2.C2HF3O2/c1-17-5-3-11-10(8-17)9-20-12(11)7-16-14(19)13-15-4-6-18(13)2;3-2(4,5)1(6)7/h4,6,10-12H,3,5,7-9H2,1-2H3,(H,16,19);(H,6,7)/t10-,11-,12+;/m1./s1. The lowest BCUT2D eigenvalue weighted by atomic mass is 9.84. The average Bonchev–Trinajstić information content (AvgIpc) is 3.18. The predicted octanol–water partition coefficient (Wildman–Crippen LogP) is 0.750. The molecule has 3 atom stereocenters. The van der Waals surface area contributed by atoms with E-state index in [0.29, 0.717) is 24.2 Å². The zero-order chi connectivity index (χ0) is 20.2. The molecule has 0 spiro atoms. The maximum Gasteiger partial charge on any atom is 0.490 e. The Labute approximate surface area is 154 Å². The lowest BCUT2D eigenvalue weighted by Gasteiger charge is -2.33. The Kier molecular flexibility index (Phi) is 6.82. The summed E-state index contributed by atoms with van der Waals surface area (Å²) in [6, 6.07) is 0. The van der Waals surface area contributed by atoms with Crippen LogP contribution in [0.2, 0.25) is 0 Å². The lowest BCUT2D eigenvalue weighted by Crippen LogP contribution is -2.42. The van der Waals surface area contributed by atoms with Gasteiger partial charge in [-0.05, 0) is 25.9 Å². The number of carbonyl (C=O) groups is 2. The van der Waals surface area contributed by atoms with E-state index in [-0.39, 0.29) is 12.0 Å². The fourth-order valence-electron chi connectivity index (χ4n) is 3.34. The normalized spacial score (nSPS) is 25.3. The maximum atomic E-state index is 12.0. The highest BCUT2D eigenvalue weighted by atomic mass is 19.4. The van der Waals surface area contributed by atoms with E-state index in [9.17, 15) is 18.0 Å². The summed E-state index contributed by atoms with van der Waals surface area (Å²) in [7, 11) is 3.98. The van der Waals surface area contributed by atoms with Gasteiger partial charge in [0.05, 0.1) is 12.7 Å². The number of imidazole rings is 1. The first-order valence-corrected chi connectivity index (χ1v) is 8.45. The minimum Gasteiger partial charge on any atom is -0.475 e. The molecule has 2 N–H and O–H groups in total. The molecule has 1 aromatic rings. The zero-order valence-electron chi connectivity index (χ0n) is 15.1. The number of carbonyl (C=O) groups excluding carboxylic acids is 1. The average molecular weight is 392 g/mol. The van der Waals surface area contributed by atoms with Crippen LogP contribution in [0.5, 0.6) is 0 Å². The Balaban J connectivity index is 0.000000321. The van der Waals surface area contributed by atoms with Crippen molar-refractivity contribution in [1.82, 2.24) is 19.8 Å². The Morgan fingerprint density at radius 3 is 2.63 bits per heavy atom. The van der Waals surface area contributed by atoms with Gasteiger partial charge in [0.1, 0.15) is 0 Å². The Morgan fingerprint density at radius 1 is 1.41 bits per heavy atom. The van der Waals surface area contributed by atoms with Gasteiger partial charge in [0.15, 0.2) is 5.82 Å². The summed E-state index contributed by atoms with van der Waals surface area (Å²) < 4.78 is 39.3. The number of aryl methyl sites for hydroxylation is 1. The van der Waals surface area contributed by atoms with E-state index < -0.39 is 12.1 Å². The third-order valence-corrected chi connectivity index (χ3v) is 4.73. The second-order valence-corrected chi connectivity index (χ2v) is 6.72. The van der Waals surface area contributed by atoms with Gasteiger partial charge in [-0.3, -0.25) is 4.79 Å². The Hall–Kier alpha value is -2.14. The predicted molar refractivity (Wildman–Crippen MR) is 88.1 cm³/mol. The number of halogens is 3. The van der Waals surface area contributed by atoms with E-state index in [4.69, 9.17) is 14.6 Å². The van der Waals surface area contributed by atoms with Crippen LogP contribution < -0.4 is 5.32 Å². The van der Waals surface area contributed by atoms with Crippen LogP contribution in [0.3, 0.4) is 0 Å². The number of aromatic nitrogens is 2. The summed E-state index contributed by atoms with van der Waals surface area (Å²) in [6.07, 6.45) is -0.371. The molecule has 1 aromatic heterocycles. The third-order valence-electron chi connectivity index (χ3n) is 4.73. The molecule has 0 saturated carbocycles. The molecule has 1 amide bonds. The van der Waals surface area contributed by atoms with Crippen molar-refractivity contribution >= 4 is 11.9 Å². The molecular formula is C16H23F3N4O4. The van der Waals surface area contributed by atoms with Crippen molar-refractivity contribution in [1.29, 1.82) is 0 Å². The van der Waals surface area contributed by atoms with E-state index in [1.165, 1.54) is 0 Å². The van der Waals surface area contributed by atoms with Crippen molar-refractivity contribution in [2.45, 2.75) is 18.7 Å². The van der Waals surface area contributed by atoms with Crippen LogP contribution in [-0.2, 0) is 16.6 Å². The smallest absolute Gasteiger partial charge is 0.475 e. The number of alkyl halides is 3. The van der Waals surface area contributed by atoms with Gasteiger partial charge in [-0.2, -0.15) is 13.2 Å². The molecule has 11 heteroatoms. The second-order valence-electron chi connectivity index (χ2n) is 6.72. The molecule has 0 bridgehead atoms. The molecule has 27 heavy (non-hydrogen) atoms.